The van der Waals surface area contributed by atoms with Crippen LogP contribution in [-0.4, -0.2) is 21.3 Å². The zero-order valence-corrected chi connectivity index (χ0v) is 16.4. The van der Waals surface area contributed by atoms with Gasteiger partial charge in [-0.3, -0.25) is 9.59 Å². The fraction of sp³-hybridized carbons (Fsp3) is 0.476. The van der Waals surface area contributed by atoms with Gasteiger partial charge in [0.1, 0.15) is 11.3 Å². The van der Waals surface area contributed by atoms with Crippen LogP contribution in [0.15, 0.2) is 34.2 Å². The zero-order valence-electron chi connectivity index (χ0n) is 16.4. The average molecular weight is 371 g/mol. The number of nitrogens with zero attached hydrogens (tertiary/aromatic N) is 2. The Bertz CT molecular complexity index is 884. The van der Waals surface area contributed by atoms with Gasteiger partial charge >= 0.3 is 0 Å². The number of carbonyl (C=O) groups is 1. The first-order valence-electron chi connectivity index (χ1n) is 9.69. The monoisotopic (exact) mass is 371 g/mol. The number of unbranched alkanes of at least 4 members (excludes halogenated alkanes) is 4. The first-order valence-corrected chi connectivity index (χ1v) is 9.69. The number of para-hydroxylation sites is 1. The third kappa shape index (κ3) is 4.96. The second-order valence-electron chi connectivity index (χ2n) is 6.75. The maximum absolute atomic E-state index is 13.0. The van der Waals surface area contributed by atoms with Crippen molar-refractivity contribution in [1.82, 2.24) is 9.99 Å². The Labute approximate surface area is 159 Å². The van der Waals surface area contributed by atoms with Crippen molar-refractivity contribution in [2.75, 3.05) is 0 Å². The summed E-state index contributed by atoms with van der Waals surface area (Å²) in [4.78, 5) is 25.5. The number of carbonyl (C=O) groups excluding carboxylic acids is 1. The molecule has 6 heteroatoms. The van der Waals surface area contributed by atoms with E-state index in [-0.39, 0.29) is 11.3 Å². The van der Waals surface area contributed by atoms with Gasteiger partial charge in [-0.05, 0) is 31.9 Å². The van der Waals surface area contributed by atoms with Crippen molar-refractivity contribution in [3.63, 3.8) is 0 Å². The number of nitrogens with one attached hydrogen (secondary N) is 1. The van der Waals surface area contributed by atoms with Crippen LogP contribution in [0.4, 0.5) is 0 Å². The summed E-state index contributed by atoms with van der Waals surface area (Å²) < 4.78 is 1.59. The van der Waals surface area contributed by atoms with Gasteiger partial charge in [0.25, 0.3) is 11.5 Å². The molecule has 0 radical (unpaired) electrons. The summed E-state index contributed by atoms with van der Waals surface area (Å²) in [5.41, 5.74) is 3.02. The standard InChI is InChI=1S/C21H29N3O3/c1-4-6-7-8-11-14-24-17-13-10-9-12-16(17)19(25)18(21(24)27)20(26)23-22-15(3)5-2/h9-10,12-13,25H,4-8,11,14H2,1-3H3,(H,23,26)/b22-15-. The molecule has 0 bridgehead atoms. The highest BCUT2D eigenvalue weighted by Crippen LogP contribution is 2.26. The lowest BCUT2D eigenvalue weighted by molar-refractivity contribution is 0.0950. The van der Waals surface area contributed by atoms with Crippen LogP contribution in [0.25, 0.3) is 10.9 Å². The summed E-state index contributed by atoms with van der Waals surface area (Å²) in [5.74, 6) is -0.976. The molecule has 1 heterocycles. The van der Waals surface area contributed by atoms with Crippen LogP contribution >= 0.6 is 0 Å². The Morgan fingerprint density at radius 3 is 2.56 bits per heavy atom. The molecule has 0 fully saturated rings. The minimum atomic E-state index is -0.684. The van der Waals surface area contributed by atoms with Gasteiger partial charge in [0, 0.05) is 17.6 Å². The Morgan fingerprint density at radius 1 is 1.15 bits per heavy atom. The molecule has 0 aliphatic rings. The lowest BCUT2D eigenvalue weighted by Crippen LogP contribution is -2.32. The molecule has 0 unspecified atom stereocenters. The summed E-state index contributed by atoms with van der Waals surface area (Å²) in [6.45, 7) is 6.38. The molecular formula is C21H29N3O3. The van der Waals surface area contributed by atoms with Crippen LogP contribution in [0.3, 0.4) is 0 Å². The van der Waals surface area contributed by atoms with E-state index in [1.165, 1.54) is 6.42 Å². The molecule has 1 amide bonds. The fourth-order valence-electron chi connectivity index (χ4n) is 2.97. The Morgan fingerprint density at radius 2 is 1.85 bits per heavy atom. The van der Waals surface area contributed by atoms with E-state index in [0.29, 0.717) is 23.9 Å². The van der Waals surface area contributed by atoms with E-state index >= 15 is 0 Å². The Hall–Kier alpha value is -2.63. The second kappa shape index (κ2) is 9.90. The van der Waals surface area contributed by atoms with E-state index in [2.05, 4.69) is 17.5 Å². The fourth-order valence-corrected chi connectivity index (χ4v) is 2.97. The quantitative estimate of drug-likeness (QED) is 0.394. The maximum Gasteiger partial charge on any atom is 0.280 e. The number of hydrogen-bond acceptors (Lipinski definition) is 4. The molecule has 1 aromatic heterocycles. The number of rotatable bonds is 9. The largest absolute Gasteiger partial charge is 0.506 e. The number of fused-ring (bicyclic) bond motifs is 1. The Kier molecular flexibility index (Phi) is 7.58. The summed E-state index contributed by atoms with van der Waals surface area (Å²) in [6.07, 6.45) is 6.02. The molecule has 27 heavy (non-hydrogen) atoms. The summed E-state index contributed by atoms with van der Waals surface area (Å²) in [7, 11) is 0. The summed E-state index contributed by atoms with van der Waals surface area (Å²) in [5, 5.41) is 15.0. The highest BCUT2D eigenvalue weighted by molar-refractivity contribution is 6.02. The molecule has 0 aliphatic heterocycles. The lowest BCUT2D eigenvalue weighted by atomic mass is 10.1. The number of amides is 1. The molecule has 146 valence electrons. The van der Waals surface area contributed by atoms with Crippen molar-refractivity contribution >= 4 is 22.5 Å². The van der Waals surface area contributed by atoms with Crippen LogP contribution in [0, 0.1) is 0 Å². The maximum atomic E-state index is 13.0. The van der Waals surface area contributed by atoms with E-state index in [9.17, 15) is 14.7 Å². The molecule has 2 N–H and O–H groups in total. The smallest absolute Gasteiger partial charge is 0.280 e. The number of hydrazone groups is 1. The number of benzene rings is 1. The van der Waals surface area contributed by atoms with Gasteiger partial charge in [0.15, 0.2) is 0 Å². The molecular weight excluding hydrogens is 342 g/mol. The third-order valence-corrected chi connectivity index (χ3v) is 4.72. The van der Waals surface area contributed by atoms with Gasteiger partial charge in [0.05, 0.1) is 5.52 Å². The van der Waals surface area contributed by atoms with Crippen LogP contribution in [0.1, 0.15) is 69.7 Å². The number of aromatic hydroxyl groups is 1. The third-order valence-electron chi connectivity index (χ3n) is 4.72. The van der Waals surface area contributed by atoms with Gasteiger partial charge < -0.3 is 9.67 Å². The van der Waals surface area contributed by atoms with Crippen LogP contribution < -0.4 is 11.0 Å². The molecule has 2 rings (SSSR count). The number of aryl methyl sites for hydroxylation is 1. The van der Waals surface area contributed by atoms with Crippen LogP contribution in [0.2, 0.25) is 0 Å². The number of aromatic nitrogens is 1. The predicted molar refractivity (Wildman–Crippen MR) is 109 cm³/mol. The van der Waals surface area contributed by atoms with Gasteiger partial charge in [-0.1, -0.05) is 51.7 Å². The van der Waals surface area contributed by atoms with Crippen molar-refractivity contribution in [3.8, 4) is 5.75 Å². The van der Waals surface area contributed by atoms with E-state index in [1.807, 2.05) is 13.0 Å². The minimum Gasteiger partial charge on any atom is -0.506 e. The van der Waals surface area contributed by atoms with E-state index in [1.54, 1.807) is 29.7 Å². The van der Waals surface area contributed by atoms with E-state index < -0.39 is 11.5 Å². The first-order chi connectivity index (χ1) is 13.0. The SMILES string of the molecule is CCCCCCCn1c(=O)c(C(=O)N/N=C(/C)CC)c(O)c2ccccc21. The first kappa shape index (κ1) is 20.7. The number of pyridine rings is 1. The average Bonchev–Trinajstić information content (AvgIpc) is 2.68. The zero-order chi connectivity index (χ0) is 19.8. The molecule has 0 atom stereocenters. The van der Waals surface area contributed by atoms with E-state index in [0.717, 1.165) is 31.4 Å². The predicted octanol–water partition coefficient (Wildman–Crippen LogP) is 4.19. The number of hydrogen-bond donors (Lipinski definition) is 2. The van der Waals surface area contributed by atoms with Crippen molar-refractivity contribution in [1.29, 1.82) is 0 Å². The molecule has 0 spiro atoms. The summed E-state index contributed by atoms with van der Waals surface area (Å²) >= 11 is 0. The van der Waals surface area contributed by atoms with Gasteiger partial charge in [-0.15, -0.1) is 0 Å². The van der Waals surface area contributed by atoms with Crippen molar-refractivity contribution in [2.45, 2.75) is 65.8 Å². The second-order valence-corrected chi connectivity index (χ2v) is 6.75. The molecule has 0 saturated carbocycles. The normalized spacial score (nSPS) is 11.7. The topological polar surface area (TPSA) is 83.7 Å². The highest BCUT2D eigenvalue weighted by Gasteiger charge is 2.21. The highest BCUT2D eigenvalue weighted by atomic mass is 16.3. The lowest BCUT2D eigenvalue weighted by Gasteiger charge is -2.14. The Balaban J connectivity index is 2.42. The van der Waals surface area contributed by atoms with Gasteiger partial charge in [-0.2, -0.15) is 5.10 Å². The van der Waals surface area contributed by atoms with Gasteiger partial charge in [0.2, 0.25) is 0 Å². The minimum absolute atomic E-state index is 0.255. The van der Waals surface area contributed by atoms with Crippen LogP contribution in [0.5, 0.6) is 5.75 Å². The van der Waals surface area contributed by atoms with Crippen LogP contribution in [-0.2, 0) is 6.54 Å². The molecule has 0 saturated heterocycles. The molecule has 2 aromatic rings. The van der Waals surface area contributed by atoms with Gasteiger partial charge in [-0.25, -0.2) is 5.43 Å². The van der Waals surface area contributed by atoms with Crippen molar-refractivity contribution < 1.29 is 9.90 Å². The molecule has 1 aromatic carbocycles. The van der Waals surface area contributed by atoms with Crippen molar-refractivity contribution in [3.05, 3.63) is 40.2 Å². The van der Waals surface area contributed by atoms with E-state index in [4.69, 9.17) is 0 Å². The molecule has 6 nitrogen and oxygen atoms in total. The van der Waals surface area contributed by atoms with Crippen molar-refractivity contribution in [2.24, 2.45) is 5.10 Å². The summed E-state index contributed by atoms with van der Waals surface area (Å²) in [6, 6.07) is 7.11. The molecule has 0 aliphatic carbocycles.